The molecule has 9 heteroatoms. The van der Waals surface area contributed by atoms with Gasteiger partial charge in [0.05, 0.1) is 25.5 Å². The number of amides is 1. The molecular weight excluding hydrogens is 360 g/mol. The Morgan fingerprint density at radius 1 is 1.39 bits per heavy atom. The molecule has 2 atom stereocenters. The first kappa shape index (κ1) is 17.9. The van der Waals surface area contributed by atoms with E-state index in [1.807, 2.05) is 30.8 Å². The van der Waals surface area contributed by atoms with Gasteiger partial charge in [0.15, 0.2) is 0 Å². The molecule has 3 aromatic heterocycles. The molecule has 0 aliphatic carbocycles. The van der Waals surface area contributed by atoms with Gasteiger partial charge in [0.1, 0.15) is 22.9 Å². The van der Waals surface area contributed by atoms with Gasteiger partial charge in [-0.2, -0.15) is 15.5 Å². The maximum atomic E-state index is 11.4. The van der Waals surface area contributed by atoms with Crippen molar-refractivity contribution >= 4 is 11.6 Å². The lowest BCUT2D eigenvalue weighted by molar-refractivity contribution is 0.142. The Morgan fingerprint density at radius 2 is 2.18 bits per heavy atom. The third kappa shape index (κ3) is 2.65. The van der Waals surface area contributed by atoms with Gasteiger partial charge in [-0.3, -0.25) is 4.68 Å². The van der Waals surface area contributed by atoms with Crippen LogP contribution in [0, 0.1) is 18.3 Å². The zero-order valence-corrected chi connectivity index (χ0v) is 15.8. The van der Waals surface area contributed by atoms with E-state index in [0.29, 0.717) is 23.4 Å². The van der Waals surface area contributed by atoms with E-state index < -0.39 is 6.09 Å². The highest BCUT2D eigenvalue weighted by Crippen LogP contribution is 2.34. The molecule has 144 valence electrons. The molecule has 0 spiro atoms. The number of ether oxygens (including phenoxy) is 1. The van der Waals surface area contributed by atoms with E-state index in [9.17, 15) is 15.2 Å². The molecule has 0 radical (unpaired) electrons. The summed E-state index contributed by atoms with van der Waals surface area (Å²) in [6.07, 6.45) is 4.95. The molecule has 1 aliphatic heterocycles. The zero-order chi connectivity index (χ0) is 20.0. The summed E-state index contributed by atoms with van der Waals surface area (Å²) in [5.74, 6) is 0.560. The number of methoxy groups -OCH3 is 1. The standard InChI is InChI=1S/C19H20N6O3/c1-11-4-15(10-23(11)19(26)27)25-12(2)16(8-22-25)13-5-17(28-3)18-14(6-20)7-21-24(18)9-13/h5,7-9,11,15H,4,10H2,1-3H3,(H,26,27)/t11-,15+/m1/s1. The second-order valence-corrected chi connectivity index (χ2v) is 7.02. The molecule has 0 unspecified atom stereocenters. The minimum absolute atomic E-state index is 0.000344. The van der Waals surface area contributed by atoms with Gasteiger partial charge in [-0.05, 0) is 26.3 Å². The fraction of sp³-hybridized carbons (Fsp3) is 0.368. The van der Waals surface area contributed by atoms with Crippen LogP contribution in [-0.4, -0.2) is 55.2 Å². The van der Waals surface area contributed by atoms with E-state index in [2.05, 4.69) is 16.3 Å². The smallest absolute Gasteiger partial charge is 0.407 e. The number of aromatic nitrogens is 4. The molecule has 1 aliphatic rings. The van der Waals surface area contributed by atoms with Gasteiger partial charge in [-0.1, -0.05) is 0 Å². The summed E-state index contributed by atoms with van der Waals surface area (Å²) < 4.78 is 9.01. The molecular formula is C19H20N6O3. The number of nitrogens with zero attached hydrogens (tertiary/aromatic N) is 6. The fourth-order valence-electron chi connectivity index (χ4n) is 3.99. The van der Waals surface area contributed by atoms with Crippen LogP contribution in [-0.2, 0) is 0 Å². The van der Waals surface area contributed by atoms with Crippen LogP contribution in [0.5, 0.6) is 5.75 Å². The molecule has 1 fully saturated rings. The number of carbonyl (C=O) groups is 1. The van der Waals surface area contributed by atoms with Crippen LogP contribution in [0.15, 0.2) is 24.7 Å². The summed E-state index contributed by atoms with van der Waals surface area (Å²) in [5, 5.41) is 27.4. The molecule has 1 N–H and O–H groups in total. The van der Waals surface area contributed by atoms with Gasteiger partial charge in [-0.25, -0.2) is 9.31 Å². The average molecular weight is 380 g/mol. The first-order valence-electron chi connectivity index (χ1n) is 8.94. The van der Waals surface area contributed by atoms with Crippen LogP contribution >= 0.6 is 0 Å². The van der Waals surface area contributed by atoms with E-state index in [1.165, 1.54) is 11.1 Å². The molecule has 4 rings (SSSR count). The number of hydrogen-bond acceptors (Lipinski definition) is 5. The first-order valence-corrected chi connectivity index (χ1v) is 8.94. The van der Waals surface area contributed by atoms with Gasteiger partial charge in [0.2, 0.25) is 0 Å². The SMILES string of the molecule is COc1cc(-c2cnn([C@H]3C[C@@H](C)N(C(=O)O)C3)c2C)cn2ncc(C#N)c12. The van der Waals surface area contributed by atoms with Crippen molar-refractivity contribution in [2.75, 3.05) is 13.7 Å². The lowest BCUT2D eigenvalue weighted by atomic mass is 10.1. The van der Waals surface area contributed by atoms with Crippen molar-refractivity contribution < 1.29 is 14.6 Å². The largest absolute Gasteiger partial charge is 0.494 e. The molecule has 0 saturated carbocycles. The summed E-state index contributed by atoms with van der Waals surface area (Å²) in [5.41, 5.74) is 3.79. The summed E-state index contributed by atoms with van der Waals surface area (Å²) in [6, 6.07) is 3.95. The first-order chi connectivity index (χ1) is 13.4. The molecule has 1 saturated heterocycles. The van der Waals surface area contributed by atoms with Gasteiger partial charge < -0.3 is 14.7 Å². The quantitative estimate of drug-likeness (QED) is 0.748. The summed E-state index contributed by atoms with van der Waals surface area (Å²) >= 11 is 0. The minimum Gasteiger partial charge on any atom is -0.494 e. The van der Waals surface area contributed by atoms with Crippen molar-refractivity contribution in [2.45, 2.75) is 32.4 Å². The van der Waals surface area contributed by atoms with E-state index >= 15 is 0 Å². The number of rotatable bonds is 3. The Kier molecular flexibility index (Phi) is 4.19. The molecule has 28 heavy (non-hydrogen) atoms. The van der Waals surface area contributed by atoms with Gasteiger partial charge in [0, 0.05) is 35.6 Å². The predicted molar refractivity (Wildman–Crippen MR) is 100 cm³/mol. The van der Waals surface area contributed by atoms with Crippen LogP contribution in [0.3, 0.4) is 0 Å². The van der Waals surface area contributed by atoms with Crippen LogP contribution < -0.4 is 4.74 Å². The van der Waals surface area contributed by atoms with Crippen molar-refractivity contribution in [1.82, 2.24) is 24.3 Å². The Labute approximate surface area is 161 Å². The summed E-state index contributed by atoms with van der Waals surface area (Å²) in [7, 11) is 1.56. The minimum atomic E-state index is -0.901. The molecule has 4 heterocycles. The van der Waals surface area contributed by atoms with Crippen LogP contribution in [0.4, 0.5) is 4.79 Å². The van der Waals surface area contributed by atoms with E-state index in [1.54, 1.807) is 17.8 Å². The van der Waals surface area contributed by atoms with E-state index in [4.69, 9.17) is 4.74 Å². The Balaban J connectivity index is 1.74. The molecule has 0 bridgehead atoms. The van der Waals surface area contributed by atoms with Crippen LogP contribution in [0.2, 0.25) is 0 Å². The van der Waals surface area contributed by atoms with E-state index in [-0.39, 0.29) is 12.1 Å². The van der Waals surface area contributed by atoms with Gasteiger partial charge >= 0.3 is 6.09 Å². The zero-order valence-electron chi connectivity index (χ0n) is 15.8. The summed E-state index contributed by atoms with van der Waals surface area (Å²) in [4.78, 5) is 12.8. The number of nitriles is 1. The van der Waals surface area contributed by atoms with Crippen molar-refractivity contribution in [3.05, 3.63) is 35.9 Å². The van der Waals surface area contributed by atoms with Crippen LogP contribution in [0.25, 0.3) is 16.6 Å². The number of likely N-dealkylation sites (tertiary alicyclic amines) is 1. The third-order valence-corrected chi connectivity index (χ3v) is 5.42. The number of hydrogen-bond donors (Lipinski definition) is 1. The molecule has 0 aromatic carbocycles. The topological polar surface area (TPSA) is 109 Å². The van der Waals surface area contributed by atoms with E-state index in [0.717, 1.165) is 23.2 Å². The second-order valence-electron chi connectivity index (χ2n) is 7.02. The highest BCUT2D eigenvalue weighted by molar-refractivity contribution is 5.76. The molecule has 9 nitrogen and oxygen atoms in total. The van der Waals surface area contributed by atoms with Crippen molar-refractivity contribution in [1.29, 1.82) is 5.26 Å². The third-order valence-electron chi connectivity index (χ3n) is 5.42. The lowest BCUT2D eigenvalue weighted by Crippen LogP contribution is -2.32. The summed E-state index contributed by atoms with van der Waals surface area (Å²) in [6.45, 7) is 4.31. The lowest BCUT2D eigenvalue weighted by Gasteiger charge is -2.16. The fourth-order valence-corrected chi connectivity index (χ4v) is 3.99. The number of carboxylic acid groups (broad SMARTS) is 1. The van der Waals surface area contributed by atoms with Crippen molar-refractivity contribution in [2.24, 2.45) is 0 Å². The highest BCUT2D eigenvalue weighted by Gasteiger charge is 2.34. The number of pyridine rings is 1. The van der Waals surface area contributed by atoms with Gasteiger partial charge in [0.25, 0.3) is 0 Å². The Bertz CT molecular complexity index is 1110. The Morgan fingerprint density at radius 3 is 2.82 bits per heavy atom. The monoisotopic (exact) mass is 380 g/mol. The molecule has 3 aromatic rings. The van der Waals surface area contributed by atoms with Gasteiger partial charge in [-0.15, -0.1) is 0 Å². The Hall–Kier alpha value is -3.54. The average Bonchev–Trinajstić information content (AvgIpc) is 3.36. The van der Waals surface area contributed by atoms with Crippen LogP contribution in [0.1, 0.15) is 30.6 Å². The highest BCUT2D eigenvalue weighted by atomic mass is 16.5. The molecule has 1 amide bonds. The van der Waals surface area contributed by atoms with Crippen molar-refractivity contribution in [3.8, 4) is 22.9 Å². The second kappa shape index (κ2) is 6.56. The normalized spacial score (nSPS) is 19.1. The van der Waals surface area contributed by atoms with Crippen molar-refractivity contribution in [3.63, 3.8) is 0 Å². The maximum absolute atomic E-state index is 11.4. The maximum Gasteiger partial charge on any atom is 0.407 e. The number of fused-ring (bicyclic) bond motifs is 1. The predicted octanol–water partition coefficient (Wildman–Crippen LogP) is 2.70.